The van der Waals surface area contributed by atoms with E-state index in [4.69, 9.17) is 21.0 Å². The molecule has 1 heterocycles. The number of nitrogens with zero attached hydrogens (tertiary/aromatic N) is 3. The maximum atomic E-state index is 11.6. The smallest absolute Gasteiger partial charge is 0.358 e. The van der Waals surface area contributed by atoms with E-state index in [9.17, 15) is 9.59 Å². The number of hydrogen-bond donors (Lipinski definition) is 2. The third-order valence-electron chi connectivity index (χ3n) is 2.90. The zero-order chi connectivity index (χ0) is 18.2. The fraction of sp³-hybridized carbons (Fsp3) is 0.125. The van der Waals surface area contributed by atoms with E-state index in [0.717, 1.165) is 5.56 Å². The van der Waals surface area contributed by atoms with Crippen LogP contribution < -0.4 is 16.2 Å². The van der Waals surface area contributed by atoms with Gasteiger partial charge in [0.1, 0.15) is 5.75 Å². The van der Waals surface area contributed by atoms with Gasteiger partial charge in [-0.25, -0.2) is 4.79 Å². The molecule has 0 radical (unpaired) electrons. The zero-order valence-corrected chi connectivity index (χ0v) is 13.5. The number of carbonyl (C=O) groups excluding carboxylic acids is 2. The summed E-state index contributed by atoms with van der Waals surface area (Å²) in [6.45, 7) is -0.218. The van der Waals surface area contributed by atoms with E-state index in [1.54, 1.807) is 54.5 Å². The number of carbonyl (C=O) groups is 2. The molecule has 0 aliphatic rings. The molecule has 0 fully saturated rings. The number of aromatic nitrogens is 2. The minimum Gasteiger partial charge on any atom is -0.484 e. The van der Waals surface area contributed by atoms with Crippen molar-refractivity contribution in [2.24, 2.45) is 23.7 Å². The van der Waals surface area contributed by atoms with E-state index in [-0.39, 0.29) is 12.4 Å². The fourth-order valence-electron chi connectivity index (χ4n) is 1.74. The van der Waals surface area contributed by atoms with Crippen LogP contribution in [0.4, 0.5) is 0 Å². The van der Waals surface area contributed by atoms with Crippen molar-refractivity contribution in [2.75, 3.05) is 6.61 Å². The van der Waals surface area contributed by atoms with Crippen LogP contribution >= 0.6 is 0 Å². The largest absolute Gasteiger partial charge is 0.484 e. The van der Waals surface area contributed by atoms with Crippen LogP contribution in [-0.4, -0.2) is 34.1 Å². The van der Waals surface area contributed by atoms with Gasteiger partial charge in [-0.05, 0) is 30.3 Å². The van der Waals surface area contributed by atoms with Crippen molar-refractivity contribution in [3.05, 3.63) is 53.9 Å². The fourth-order valence-corrected chi connectivity index (χ4v) is 1.74. The van der Waals surface area contributed by atoms with Crippen molar-refractivity contribution in [1.29, 1.82) is 0 Å². The number of primary amides is 1. The number of oxime groups is 1. The molecule has 0 atom stereocenters. The van der Waals surface area contributed by atoms with Crippen LogP contribution in [0.5, 0.6) is 5.75 Å². The molecule has 9 nitrogen and oxygen atoms in total. The number of ether oxygens (including phenoxy) is 1. The van der Waals surface area contributed by atoms with E-state index in [0.29, 0.717) is 11.3 Å². The highest BCUT2D eigenvalue weighted by Crippen LogP contribution is 2.12. The van der Waals surface area contributed by atoms with Gasteiger partial charge in [-0.1, -0.05) is 5.16 Å². The van der Waals surface area contributed by atoms with Crippen LogP contribution in [0, 0.1) is 0 Å². The average molecular weight is 343 g/mol. The normalized spacial score (nSPS) is 11.5. The number of benzene rings is 1. The van der Waals surface area contributed by atoms with Gasteiger partial charge in [0, 0.05) is 30.4 Å². The molecule has 4 N–H and O–H groups in total. The number of rotatable bonds is 7. The molecular weight excluding hydrogens is 326 g/mol. The van der Waals surface area contributed by atoms with E-state index < -0.39 is 11.9 Å². The van der Waals surface area contributed by atoms with Crippen LogP contribution in [-0.2, 0) is 21.5 Å². The topological polar surface area (TPSA) is 135 Å². The molecule has 0 spiro atoms. The second kappa shape index (κ2) is 8.29. The number of amidine groups is 1. The number of aryl methyl sites for hydroxylation is 1. The predicted octanol–water partition coefficient (Wildman–Crippen LogP) is 0.161. The highest BCUT2D eigenvalue weighted by atomic mass is 16.7. The van der Waals surface area contributed by atoms with Gasteiger partial charge in [0.25, 0.3) is 5.91 Å². The summed E-state index contributed by atoms with van der Waals surface area (Å²) in [6, 6.07) is 6.39. The molecule has 2 rings (SSSR count). The van der Waals surface area contributed by atoms with Gasteiger partial charge >= 0.3 is 5.97 Å². The SMILES string of the molecule is Cn1cc(/C=C/C(=O)O/N=C(\N)c2ccc(OCC(N)=O)cc2)cn1. The molecule has 0 unspecified atom stereocenters. The quantitative estimate of drug-likeness (QED) is 0.242. The molecule has 1 aromatic heterocycles. The molecule has 130 valence electrons. The van der Waals surface area contributed by atoms with Crippen LogP contribution in [0.1, 0.15) is 11.1 Å². The van der Waals surface area contributed by atoms with Crippen molar-refractivity contribution in [2.45, 2.75) is 0 Å². The number of amides is 1. The monoisotopic (exact) mass is 343 g/mol. The summed E-state index contributed by atoms with van der Waals surface area (Å²) < 4.78 is 6.73. The standard InChI is InChI=1S/C16H17N5O4/c1-21-9-11(8-19-21)2-7-15(23)25-20-16(18)12-3-5-13(6-4-12)24-10-14(17)22/h2-9H,10H2,1H3,(H2,17,22)(H2,18,20)/b7-2+. The third kappa shape index (κ3) is 5.82. The van der Waals surface area contributed by atoms with Gasteiger partial charge in [-0.3, -0.25) is 9.48 Å². The second-order valence-electron chi connectivity index (χ2n) is 4.95. The van der Waals surface area contributed by atoms with Crippen molar-refractivity contribution >= 4 is 23.8 Å². The highest BCUT2D eigenvalue weighted by molar-refractivity contribution is 5.98. The first-order valence-corrected chi connectivity index (χ1v) is 7.17. The summed E-state index contributed by atoms with van der Waals surface area (Å²) >= 11 is 0. The van der Waals surface area contributed by atoms with E-state index in [2.05, 4.69) is 10.3 Å². The molecule has 0 saturated heterocycles. The first-order chi connectivity index (χ1) is 11.9. The molecule has 0 bridgehead atoms. The van der Waals surface area contributed by atoms with Crippen molar-refractivity contribution in [1.82, 2.24) is 9.78 Å². The Hall–Kier alpha value is -3.62. The maximum Gasteiger partial charge on any atom is 0.358 e. The Kier molecular flexibility index (Phi) is 5.88. The Balaban J connectivity index is 1.90. The molecule has 1 amide bonds. The Bertz CT molecular complexity index is 808. The lowest BCUT2D eigenvalue weighted by atomic mass is 10.2. The van der Waals surface area contributed by atoms with Crippen LogP contribution in [0.2, 0.25) is 0 Å². The summed E-state index contributed by atoms with van der Waals surface area (Å²) in [5, 5.41) is 7.54. The first-order valence-electron chi connectivity index (χ1n) is 7.17. The minimum atomic E-state index is -0.673. The van der Waals surface area contributed by atoms with Gasteiger partial charge in [0.15, 0.2) is 12.4 Å². The molecule has 25 heavy (non-hydrogen) atoms. The summed E-state index contributed by atoms with van der Waals surface area (Å²) in [4.78, 5) is 27.0. The Morgan fingerprint density at radius 1 is 1.28 bits per heavy atom. The second-order valence-corrected chi connectivity index (χ2v) is 4.95. The van der Waals surface area contributed by atoms with Crippen molar-refractivity contribution in [3.8, 4) is 5.75 Å². The first kappa shape index (κ1) is 17.7. The Morgan fingerprint density at radius 3 is 2.60 bits per heavy atom. The van der Waals surface area contributed by atoms with Crippen LogP contribution in [0.25, 0.3) is 6.08 Å². The van der Waals surface area contributed by atoms with Gasteiger partial charge in [-0.2, -0.15) is 5.10 Å². The Morgan fingerprint density at radius 2 is 2.00 bits per heavy atom. The van der Waals surface area contributed by atoms with E-state index >= 15 is 0 Å². The number of hydrogen-bond acceptors (Lipinski definition) is 6. The molecule has 2 aromatic rings. The minimum absolute atomic E-state index is 0.0181. The van der Waals surface area contributed by atoms with Crippen LogP contribution in [0.3, 0.4) is 0 Å². The van der Waals surface area contributed by atoms with E-state index in [1.165, 1.54) is 6.08 Å². The maximum absolute atomic E-state index is 11.6. The van der Waals surface area contributed by atoms with Gasteiger partial charge in [-0.15, -0.1) is 0 Å². The lowest BCUT2D eigenvalue weighted by Crippen LogP contribution is -2.20. The highest BCUT2D eigenvalue weighted by Gasteiger charge is 2.03. The molecule has 0 aliphatic carbocycles. The molecule has 0 aliphatic heterocycles. The average Bonchev–Trinajstić information content (AvgIpc) is 3.02. The third-order valence-corrected chi connectivity index (χ3v) is 2.90. The van der Waals surface area contributed by atoms with Crippen LogP contribution in [0.15, 0.2) is 47.9 Å². The summed E-state index contributed by atoms with van der Waals surface area (Å²) in [7, 11) is 1.77. The van der Waals surface area contributed by atoms with Gasteiger partial charge in [0.05, 0.1) is 6.20 Å². The zero-order valence-electron chi connectivity index (χ0n) is 13.5. The van der Waals surface area contributed by atoms with Crippen molar-refractivity contribution in [3.63, 3.8) is 0 Å². The summed E-state index contributed by atoms with van der Waals surface area (Å²) in [5.74, 6) is -0.777. The number of nitrogens with two attached hydrogens (primary N) is 2. The molecular formula is C16H17N5O4. The van der Waals surface area contributed by atoms with Gasteiger partial charge < -0.3 is 21.0 Å². The predicted molar refractivity (Wildman–Crippen MR) is 90.2 cm³/mol. The van der Waals surface area contributed by atoms with Gasteiger partial charge in [0.2, 0.25) is 0 Å². The molecule has 1 aromatic carbocycles. The van der Waals surface area contributed by atoms with Crippen molar-refractivity contribution < 1.29 is 19.2 Å². The summed E-state index contributed by atoms with van der Waals surface area (Å²) in [5.41, 5.74) is 12.0. The van der Waals surface area contributed by atoms with E-state index in [1.807, 2.05) is 0 Å². The summed E-state index contributed by atoms with van der Waals surface area (Å²) in [6.07, 6.45) is 6.10. The molecule has 9 heteroatoms. The molecule has 0 saturated carbocycles. The Labute approximate surface area is 143 Å². The lowest BCUT2D eigenvalue weighted by molar-refractivity contribution is -0.137. The lowest BCUT2D eigenvalue weighted by Gasteiger charge is -2.04.